The zero-order valence-corrected chi connectivity index (χ0v) is 20.6. The predicted octanol–water partition coefficient (Wildman–Crippen LogP) is 4.62. The Morgan fingerprint density at radius 2 is 1.56 bits per heavy atom. The van der Waals surface area contributed by atoms with Gasteiger partial charge in [0.25, 0.3) is 0 Å². The van der Waals surface area contributed by atoms with Crippen molar-refractivity contribution in [2.45, 2.75) is 64.8 Å². The molecule has 0 amide bonds. The molecule has 32 heavy (non-hydrogen) atoms. The Morgan fingerprint density at radius 1 is 0.969 bits per heavy atom. The van der Waals surface area contributed by atoms with E-state index in [1.165, 1.54) is 6.20 Å². The maximum atomic E-state index is 13.3. The molecular weight excluding hydrogens is 477 g/mol. The SMILES string of the molecule is CC(C)(O)CCn1c(=O)n(CCC(C)(C)O)c2c(Cl)cc(Nc3nc(Cl)ncc3Cl)cc21. The van der Waals surface area contributed by atoms with Crippen molar-refractivity contribution < 1.29 is 10.2 Å². The van der Waals surface area contributed by atoms with Gasteiger partial charge in [0.05, 0.1) is 33.5 Å². The van der Waals surface area contributed by atoms with Crippen molar-refractivity contribution in [2.24, 2.45) is 0 Å². The topological polar surface area (TPSA) is 105 Å². The summed E-state index contributed by atoms with van der Waals surface area (Å²) in [7, 11) is 0. The fourth-order valence-electron chi connectivity index (χ4n) is 3.24. The summed E-state index contributed by atoms with van der Waals surface area (Å²) in [5.74, 6) is 0.300. The highest BCUT2D eigenvalue weighted by molar-refractivity contribution is 6.35. The minimum Gasteiger partial charge on any atom is -0.390 e. The van der Waals surface area contributed by atoms with Crippen LogP contribution in [0.3, 0.4) is 0 Å². The number of hydrogen-bond acceptors (Lipinski definition) is 6. The molecule has 0 fully saturated rings. The van der Waals surface area contributed by atoms with Gasteiger partial charge in [0.1, 0.15) is 5.02 Å². The number of imidazole rings is 1. The van der Waals surface area contributed by atoms with Crippen molar-refractivity contribution >= 4 is 57.3 Å². The molecule has 0 aliphatic rings. The van der Waals surface area contributed by atoms with Gasteiger partial charge in [-0.05, 0) is 64.3 Å². The molecule has 0 radical (unpaired) electrons. The second-order valence-corrected chi connectivity index (χ2v) is 10.1. The number of aryl methyl sites for hydroxylation is 2. The lowest BCUT2D eigenvalue weighted by atomic mass is 10.1. The van der Waals surface area contributed by atoms with Crippen LogP contribution in [0.15, 0.2) is 23.1 Å². The van der Waals surface area contributed by atoms with Crippen LogP contribution >= 0.6 is 34.8 Å². The predicted molar refractivity (Wildman–Crippen MR) is 128 cm³/mol. The number of benzene rings is 1. The Bertz CT molecular complexity index is 1190. The van der Waals surface area contributed by atoms with E-state index in [0.29, 0.717) is 40.4 Å². The van der Waals surface area contributed by atoms with Crippen molar-refractivity contribution in [3.63, 3.8) is 0 Å². The Labute approximate surface area is 200 Å². The number of aliphatic hydroxyl groups is 2. The first-order valence-corrected chi connectivity index (χ1v) is 11.2. The summed E-state index contributed by atoms with van der Waals surface area (Å²) < 4.78 is 3.13. The number of nitrogens with zero attached hydrogens (tertiary/aromatic N) is 4. The van der Waals surface area contributed by atoms with Crippen molar-refractivity contribution in [1.29, 1.82) is 0 Å². The monoisotopic (exact) mass is 501 g/mol. The van der Waals surface area contributed by atoms with E-state index in [4.69, 9.17) is 34.8 Å². The largest absolute Gasteiger partial charge is 0.390 e. The molecule has 2 heterocycles. The van der Waals surface area contributed by atoms with Crippen LogP contribution in [0.5, 0.6) is 0 Å². The highest BCUT2D eigenvalue weighted by Crippen LogP contribution is 2.31. The van der Waals surface area contributed by atoms with E-state index in [2.05, 4.69) is 15.3 Å². The molecular formula is C21H26Cl3N5O3. The van der Waals surface area contributed by atoms with Crippen molar-refractivity contribution in [1.82, 2.24) is 19.1 Å². The van der Waals surface area contributed by atoms with E-state index in [9.17, 15) is 15.0 Å². The lowest BCUT2D eigenvalue weighted by Crippen LogP contribution is -2.30. The number of aromatic nitrogens is 4. The van der Waals surface area contributed by atoms with Crippen LogP contribution in [-0.2, 0) is 13.1 Å². The maximum absolute atomic E-state index is 13.3. The Kier molecular flexibility index (Phi) is 7.12. The molecule has 11 heteroatoms. The van der Waals surface area contributed by atoms with Gasteiger partial charge >= 0.3 is 5.69 Å². The molecule has 0 saturated carbocycles. The van der Waals surface area contributed by atoms with Crippen LogP contribution in [0, 0.1) is 0 Å². The molecule has 0 unspecified atom stereocenters. The minimum absolute atomic E-state index is 0.0314. The standard InChI is InChI=1S/C21H26Cl3N5O3/c1-20(2,31)5-7-28-15-10-12(26-17-14(23)11-25-18(24)27-17)9-13(22)16(15)29(19(28)30)8-6-21(3,4)32/h9-11,31-32H,5-8H2,1-4H3,(H,25,26,27). The molecule has 0 atom stereocenters. The molecule has 3 aromatic rings. The zero-order valence-electron chi connectivity index (χ0n) is 18.3. The average molecular weight is 503 g/mol. The normalized spacial score (nSPS) is 12.5. The average Bonchev–Trinajstić information content (AvgIpc) is 2.91. The van der Waals surface area contributed by atoms with E-state index in [0.717, 1.165) is 0 Å². The van der Waals surface area contributed by atoms with Crippen LogP contribution < -0.4 is 11.0 Å². The summed E-state index contributed by atoms with van der Waals surface area (Å²) in [4.78, 5) is 21.2. The lowest BCUT2D eigenvalue weighted by Gasteiger charge is -2.17. The van der Waals surface area contributed by atoms with Crippen LogP contribution in [0.2, 0.25) is 15.3 Å². The quantitative estimate of drug-likeness (QED) is 0.388. The van der Waals surface area contributed by atoms with Gasteiger partial charge in [-0.25, -0.2) is 9.78 Å². The lowest BCUT2D eigenvalue weighted by molar-refractivity contribution is 0.0653. The number of rotatable bonds is 8. The third-order valence-electron chi connectivity index (χ3n) is 4.94. The van der Waals surface area contributed by atoms with Gasteiger partial charge in [0.2, 0.25) is 5.28 Å². The van der Waals surface area contributed by atoms with E-state index >= 15 is 0 Å². The molecule has 0 aliphatic carbocycles. The Hall–Kier alpha value is -1.84. The van der Waals surface area contributed by atoms with Crippen molar-refractivity contribution in [3.05, 3.63) is 44.1 Å². The summed E-state index contributed by atoms with van der Waals surface area (Å²) in [5, 5.41) is 24.0. The molecule has 3 N–H and O–H groups in total. The first kappa shape index (κ1) is 24.8. The molecule has 174 valence electrons. The van der Waals surface area contributed by atoms with Crippen LogP contribution in [0.4, 0.5) is 11.5 Å². The molecule has 3 rings (SSSR count). The number of anilines is 2. The van der Waals surface area contributed by atoms with Gasteiger partial charge in [0.15, 0.2) is 5.82 Å². The third-order valence-corrected chi connectivity index (χ3v) is 5.68. The highest BCUT2D eigenvalue weighted by atomic mass is 35.5. The molecule has 0 saturated heterocycles. The number of hydrogen-bond donors (Lipinski definition) is 3. The van der Waals surface area contributed by atoms with Crippen LogP contribution in [0.25, 0.3) is 11.0 Å². The second-order valence-electron chi connectivity index (χ2n) is 9.00. The van der Waals surface area contributed by atoms with E-state index in [1.807, 2.05) is 0 Å². The van der Waals surface area contributed by atoms with Gasteiger partial charge < -0.3 is 15.5 Å². The summed E-state index contributed by atoms with van der Waals surface area (Å²) >= 11 is 18.6. The van der Waals surface area contributed by atoms with Gasteiger partial charge in [-0.15, -0.1) is 0 Å². The first-order valence-electron chi connectivity index (χ1n) is 10.1. The molecule has 0 bridgehead atoms. The third kappa shape index (κ3) is 5.94. The first-order chi connectivity index (χ1) is 14.7. The van der Waals surface area contributed by atoms with E-state index in [1.54, 1.807) is 49.0 Å². The van der Waals surface area contributed by atoms with E-state index < -0.39 is 11.2 Å². The number of halogens is 3. The van der Waals surface area contributed by atoms with Crippen molar-refractivity contribution in [2.75, 3.05) is 5.32 Å². The van der Waals surface area contributed by atoms with Crippen LogP contribution in [0.1, 0.15) is 40.5 Å². The van der Waals surface area contributed by atoms with Crippen LogP contribution in [-0.4, -0.2) is 40.5 Å². The van der Waals surface area contributed by atoms with Gasteiger partial charge in [0, 0.05) is 18.8 Å². The maximum Gasteiger partial charge on any atom is 0.329 e. The fourth-order valence-corrected chi connectivity index (χ4v) is 3.83. The summed E-state index contributed by atoms with van der Waals surface area (Å²) in [6.07, 6.45) is 2.11. The summed E-state index contributed by atoms with van der Waals surface area (Å²) in [6.45, 7) is 7.32. The number of fused-ring (bicyclic) bond motifs is 1. The minimum atomic E-state index is -0.953. The number of nitrogens with one attached hydrogen (secondary N) is 1. The molecule has 1 aromatic carbocycles. The highest BCUT2D eigenvalue weighted by Gasteiger charge is 2.22. The summed E-state index contributed by atoms with van der Waals surface area (Å²) in [5.41, 5.74) is -0.481. The second kappa shape index (κ2) is 9.19. The molecule has 8 nitrogen and oxygen atoms in total. The smallest absolute Gasteiger partial charge is 0.329 e. The van der Waals surface area contributed by atoms with Gasteiger partial charge in [-0.3, -0.25) is 9.13 Å². The fraction of sp³-hybridized carbons (Fsp3) is 0.476. The van der Waals surface area contributed by atoms with Gasteiger partial charge in [-0.2, -0.15) is 4.98 Å². The Balaban J connectivity index is 2.12. The van der Waals surface area contributed by atoms with Crippen molar-refractivity contribution in [3.8, 4) is 0 Å². The summed E-state index contributed by atoms with van der Waals surface area (Å²) in [6, 6.07) is 3.43. The molecule has 0 aliphatic heterocycles. The molecule has 2 aromatic heterocycles. The van der Waals surface area contributed by atoms with Gasteiger partial charge in [-0.1, -0.05) is 23.2 Å². The zero-order chi connectivity index (χ0) is 23.8. The van der Waals surface area contributed by atoms with E-state index in [-0.39, 0.29) is 29.1 Å². The molecule has 0 spiro atoms. The Morgan fingerprint density at radius 3 is 2.16 bits per heavy atom.